The molecule has 0 atom stereocenters. The number of unbranched alkanes of at least 4 members (excludes halogenated alkanes) is 28. The Balaban J connectivity index is 0.0000125. The number of nitrogens with zero attached hydrogens (tertiary/aromatic N) is 1. The smallest absolute Gasteiger partial charge is 0.169 e. The highest BCUT2D eigenvalue weighted by molar-refractivity contribution is 7.99. The van der Waals surface area contributed by atoms with E-state index in [0.29, 0.717) is 0 Å². The third kappa shape index (κ3) is 28.7. The second kappa shape index (κ2) is 36.5. The largest absolute Gasteiger partial charge is 1.00 e. The summed E-state index contributed by atoms with van der Waals surface area (Å²) in [5.74, 6) is 1.25. The van der Waals surface area contributed by atoms with Crippen LogP contribution in [-0.2, 0) is 6.54 Å². The van der Waals surface area contributed by atoms with Gasteiger partial charge in [-0.3, -0.25) is 0 Å². The average molecular weight is 818 g/mol. The highest BCUT2D eigenvalue weighted by Gasteiger charge is 2.01. The second-order valence-corrected chi connectivity index (χ2v) is 16.2. The monoisotopic (exact) mass is 818 g/mol. The number of rotatable bonds is 35. The lowest BCUT2D eigenvalue weighted by molar-refractivity contribution is -0.697. The van der Waals surface area contributed by atoms with Crippen LogP contribution in [0.25, 0.3) is 12.2 Å². The van der Waals surface area contributed by atoms with Gasteiger partial charge in [-0.25, -0.2) is 4.57 Å². The fourth-order valence-electron chi connectivity index (χ4n) is 6.93. The summed E-state index contributed by atoms with van der Waals surface area (Å²) >= 11 is 2.02. The predicted octanol–water partition coefficient (Wildman–Crippen LogP) is 13.0. The highest BCUT2D eigenvalue weighted by Crippen LogP contribution is 2.22. The van der Waals surface area contributed by atoms with Crippen molar-refractivity contribution >= 4 is 23.9 Å². The van der Waals surface area contributed by atoms with Gasteiger partial charge in [-0.2, -0.15) is 0 Å². The molecule has 3 heteroatoms. The van der Waals surface area contributed by atoms with Gasteiger partial charge in [-0.15, -0.1) is 11.8 Å². The maximum atomic E-state index is 2.34. The van der Waals surface area contributed by atoms with Gasteiger partial charge in [-0.1, -0.05) is 211 Å². The molecule has 0 saturated heterocycles. The second-order valence-electron chi connectivity index (χ2n) is 15.0. The number of thioether (sulfide) groups is 1. The van der Waals surface area contributed by atoms with Crippen LogP contribution in [0.3, 0.4) is 0 Å². The van der Waals surface area contributed by atoms with Crippen LogP contribution in [0, 0.1) is 0 Å². The molecule has 2 rings (SSSR count). The minimum atomic E-state index is 0. The molecule has 0 spiro atoms. The summed E-state index contributed by atoms with van der Waals surface area (Å²) in [6, 6.07) is 13.6. The molecule has 0 radical (unpaired) electrons. The van der Waals surface area contributed by atoms with Gasteiger partial charge in [0.25, 0.3) is 0 Å². The molecule has 0 saturated carbocycles. The van der Waals surface area contributed by atoms with Gasteiger partial charge >= 0.3 is 0 Å². The molecule has 1 nitrogen and oxygen atoms in total. The van der Waals surface area contributed by atoms with E-state index in [2.05, 4.69) is 79.4 Å². The first-order valence-electron chi connectivity index (χ1n) is 21.7. The Labute approximate surface area is 334 Å². The van der Waals surface area contributed by atoms with Crippen LogP contribution in [-0.4, -0.2) is 5.75 Å². The summed E-state index contributed by atoms with van der Waals surface area (Å²) in [5.41, 5.74) is 2.56. The fourth-order valence-corrected chi connectivity index (χ4v) is 7.84. The molecule has 0 N–H and O–H groups in total. The molecule has 0 aliphatic carbocycles. The molecule has 50 heavy (non-hydrogen) atoms. The topological polar surface area (TPSA) is 3.88 Å². The van der Waals surface area contributed by atoms with E-state index in [4.69, 9.17) is 0 Å². The van der Waals surface area contributed by atoms with Crippen LogP contribution in [0.4, 0.5) is 0 Å². The van der Waals surface area contributed by atoms with Crippen molar-refractivity contribution < 1.29 is 28.5 Å². The SMILES string of the molecule is CCCCCCCCCCCCCCCCCCCCCCSc1ccc(/C=C/c2cc[n+](CCCCCCCCCCCC)cc2)cc1.[I-]. The molecule has 0 fully saturated rings. The molecule has 0 unspecified atom stereocenters. The molecule has 0 aliphatic heterocycles. The number of hydrogen-bond donors (Lipinski definition) is 0. The molecule has 0 bridgehead atoms. The number of aryl methyl sites for hydroxylation is 1. The van der Waals surface area contributed by atoms with E-state index in [1.807, 2.05) is 11.8 Å². The van der Waals surface area contributed by atoms with Crippen molar-refractivity contribution in [2.75, 3.05) is 5.75 Å². The van der Waals surface area contributed by atoms with E-state index >= 15 is 0 Å². The van der Waals surface area contributed by atoms with Crippen LogP contribution in [0.5, 0.6) is 0 Å². The molecule has 1 heterocycles. The Bertz CT molecular complexity index is 985. The van der Waals surface area contributed by atoms with Crippen LogP contribution in [0.2, 0.25) is 0 Å². The van der Waals surface area contributed by atoms with Crippen LogP contribution >= 0.6 is 11.8 Å². The molecule has 286 valence electrons. The summed E-state index contributed by atoms with van der Waals surface area (Å²) in [4.78, 5) is 1.41. The third-order valence-electron chi connectivity index (χ3n) is 10.3. The maximum absolute atomic E-state index is 2.34. The van der Waals surface area contributed by atoms with Crippen molar-refractivity contribution in [3.8, 4) is 0 Å². The maximum Gasteiger partial charge on any atom is 0.169 e. The number of halogens is 1. The predicted molar refractivity (Wildman–Crippen MR) is 223 cm³/mol. The molecule has 0 aliphatic rings. The zero-order chi connectivity index (χ0) is 34.7. The summed E-state index contributed by atoms with van der Waals surface area (Å²) in [6.07, 6.45) is 51.9. The summed E-state index contributed by atoms with van der Waals surface area (Å²) < 4.78 is 2.34. The van der Waals surface area contributed by atoms with E-state index in [0.717, 1.165) is 6.54 Å². The molecule has 0 amide bonds. The summed E-state index contributed by atoms with van der Waals surface area (Å²) in [5, 5.41) is 0. The Morgan fingerprint density at radius 1 is 0.400 bits per heavy atom. The standard InChI is InChI=1S/C47H80NS.HI/c1-3-5-7-9-11-13-15-16-17-18-19-20-21-22-23-24-26-28-30-32-44-49-47-37-35-45(36-38-47)33-34-46-39-42-48(43-40-46)41-31-29-27-25-14-12-10-8-6-4-2;/h33-40,42-43H,3-32,41,44H2,1-2H3;1H/q+1;/p-1/b34-33+;. The van der Waals surface area contributed by atoms with E-state index in [9.17, 15) is 0 Å². The van der Waals surface area contributed by atoms with Crippen LogP contribution in [0.1, 0.15) is 218 Å². The van der Waals surface area contributed by atoms with E-state index in [1.165, 1.54) is 214 Å². The molecule has 2 aromatic rings. The number of aromatic nitrogens is 1. The minimum Gasteiger partial charge on any atom is -1.00 e. The van der Waals surface area contributed by atoms with Crippen molar-refractivity contribution in [3.63, 3.8) is 0 Å². The summed E-state index contributed by atoms with van der Waals surface area (Å²) in [6.45, 7) is 5.74. The van der Waals surface area contributed by atoms with Crippen molar-refractivity contribution in [1.82, 2.24) is 0 Å². The number of benzene rings is 1. The Kier molecular flexibility index (Phi) is 34.5. The van der Waals surface area contributed by atoms with Crippen molar-refractivity contribution in [2.45, 2.75) is 218 Å². The lowest BCUT2D eigenvalue weighted by atomic mass is 10.0. The first kappa shape index (κ1) is 47.2. The Morgan fingerprint density at radius 3 is 1.10 bits per heavy atom. The van der Waals surface area contributed by atoms with Gasteiger partial charge in [0, 0.05) is 23.4 Å². The van der Waals surface area contributed by atoms with Crippen molar-refractivity contribution in [3.05, 3.63) is 59.9 Å². The zero-order valence-electron chi connectivity index (χ0n) is 33.1. The molecule has 1 aromatic heterocycles. The molecule has 1 aromatic carbocycles. The minimum absolute atomic E-state index is 0. The first-order chi connectivity index (χ1) is 24.3. The van der Waals surface area contributed by atoms with Crippen molar-refractivity contribution in [2.24, 2.45) is 0 Å². The Morgan fingerprint density at radius 2 is 0.720 bits per heavy atom. The number of hydrogen-bond acceptors (Lipinski definition) is 1. The lowest BCUT2D eigenvalue weighted by Gasteiger charge is -2.04. The van der Waals surface area contributed by atoms with Gasteiger partial charge in [0.1, 0.15) is 6.54 Å². The molecular formula is C47H80INS. The highest BCUT2D eigenvalue weighted by atomic mass is 127. The lowest BCUT2D eigenvalue weighted by Crippen LogP contribution is -3.00. The number of pyridine rings is 1. The summed E-state index contributed by atoms with van der Waals surface area (Å²) in [7, 11) is 0. The third-order valence-corrected chi connectivity index (χ3v) is 11.4. The Hall–Kier alpha value is -0.810. The van der Waals surface area contributed by atoms with E-state index in [1.54, 1.807) is 0 Å². The normalized spacial score (nSPS) is 11.4. The fraction of sp³-hybridized carbons (Fsp3) is 0.723. The quantitative estimate of drug-likeness (QED) is 0.0290. The van der Waals surface area contributed by atoms with Gasteiger partial charge in [-0.05, 0) is 41.9 Å². The van der Waals surface area contributed by atoms with E-state index in [-0.39, 0.29) is 24.0 Å². The van der Waals surface area contributed by atoms with Crippen LogP contribution in [0.15, 0.2) is 53.7 Å². The first-order valence-corrected chi connectivity index (χ1v) is 22.7. The van der Waals surface area contributed by atoms with Crippen LogP contribution < -0.4 is 28.5 Å². The van der Waals surface area contributed by atoms with Gasteiger partial charge in [0.05, 0.1) is 0 Å². The van der Waals surface area contributed by atoms with Gasteiger partial charge in [0.15, 0.2) is 12.4 Å². The van der Waals surface area contributed by atoms with E-state index < -0.39 is 0 Å². The van der Waals surface area contributed by atoms with Gasteiger partial charge in [0.2, 0.25) is 0 Å². The zero-order valence-corrected chi connectivity index (χ0v) is 36.1. The molecular weight excluding hydrogens is 737 g/mol. The van der Waals surface area contributed by atoms with Gasteiger partial charge < -0.3 is 24.0 Å². The van der Waals surface area contributed by atoms with Crippen molar-refractivity contribution in [1.29, 1.82) is 0 Å². The average Bonchev–Trinajstić information content (AvgIpc) is 3.13.